The first-order chi connectivity index (χ1) is 10.1. The molecule has 1 rings (SSSR count). The molecule has 3 heteroatoms. The molecule has 0 spiro atoms. The van der Waals surface area contributed by atoms with E-state index in [0.717, 1.165) is 12.0 Å². The summed E-state index contributed by atoms with van der Waals surface area (Å²) in [6.07, 6.45) is 10.1. The number of phenolic OH excluding ortho intramolecular Hbond substituents is 1. The van der Waals surface area contributed by atoms with Crippen LogP contribution in [0.3, 0.4) is 0 Å². The average Bonchev–Trinajstić information content (AvgIpc) is 2.48. The predicted molar refractivity (Wildman–Crippen MR) is 87.8 cm³/mol. The van der Waals surface area contributed by atoms with Crippen LogP contribution in [-0.4, -0.2) is 17.6 Å². The Labute approximate surface area is 128 Å². The van der Waals surface area contributed by atoms with E-state index in [1.54, 1.807) is 12.1 Å². The van der Waals surface area contributed by atoms with Crippen LogP contribution in [0.5, 0.6) is 5.75 Å². The third-order valence-corrected chi connectivity index (χ3v) is 3.79. The van der Waals surface area contributed by atoms with Gasteiger partial charge in [0.2, 0.25) is 0 Å². The number of benzene rings is 1. The summed E-state index contributed by atoms with van der Waals surface area (Å²) in [5.74, 6) is 0.0722. The summed E-state index contributed by atoms with van der Waals surface area (Å²) in [6.45, 7) is 4.76. The number of carbonyl (C=O) groups excluding carboxylic acids is 1. The number of hydrogen-bond donors (Lipinski definition) is 2. The number of rotatable bonds is 10. The van der Waals surface area contributed by atoms with Gasteiger partial charge in [0, 0.05) is 12.1 Å². The summed E-state index contributed by atoms with van der Waals surface area (Å²) in [6, 6.07) is 5.04. The maximum absolute atomic E-state index is 11.9. The molecular weight excluding hydrogens is 262 g/mol. The van der Waals surface area contributed by atoms with Crippen molar-refractivity contribution in [3.63, 3.8) is 0 Å². The highest BCUT2D eigenvalue weighted by atomic mass is 16.3. The summed E-state index contributed by atoms with van der Waals surface area (Å²) in [4.78, 5) is 11.9. The number of nitrogens with one attached hydrogen (secondary N) is 1. The number of aromatic hydroxyl groups is 1. The average molecular weight is 291 g/mol. The van der Waals surface area contributed by atoms with E-state index in [1.807, 2.05) is 6.92 Å². The highest BCUT2D eigenvalue weighted by Gasteiger charge is 2.06. The minimum absolute atomic E-state index is 0.103. The zero-order valence-corrected chi connectivity index (χ0v) is 13.5. The second-order valence-electron chi connectivity index (χ2n) is 5.73. The van der Waals surface area contributed by atoms with Gasteiger partial charge in [0.1, 0.15) is 5.75 Å². The molecule has 0 saturated heterocycles. The predicted octanol–water partition coefficient (Wildman–Crippen LogP) is 4.57. The molecule has 0 radical (unpaired) electrons. The lowest BCUT2D eigenvalue weighted by Gasteiger charge is -2.07. The van der Waals surface area contributed by atoms with Crippen LogP contribution < -0.4 is 5.32 Å². The van der Waals surface area contributed by atoms with Crippen molar-refractivity contribution in [2.45, 2.75) is 65.2 Å². The fourth-order valence-electron chi connectivity index (χ4n) is 2.31. The van der Waals surface area contributed by atoms with E-state index in [9.17, 15) is 9.90 Å². The van der Waals surface area contributed by atoms with E-state index in [0.29, 0.717) is 12.1 Å². The molecule has 1 amide bonds. The van der Waals surface area contributed by atoms with Gasteiger partial charge in [-0.1, -0.05) is 57.9 Å². The van der Waals surface area contributed by atoms with Crippen molar-refractivity contribution in [3.05, 3.63) is 29.3 Å². The van der Waals surface area contributed by atoms with Crippen molar-refractivity contribution in [1.82, 2.24) is 5.32 Å². The third-order valence-electron chi connectivity index (χ3n) is 3.79. The molecule has 0 saturated carbocycles. The first-order valence-electron chi connectivity index (χ1n) is 8.23. The van der Waals surface area contributed by atoms with Crippen molar-refractivity contribution in [3.8, 4) is 5.75 Å². The highest BCUT2D eigenvalue weighted by molar-refractivity contribution is 5.94. The first-order valence-corrected chi connectivity index (χ1v) is 8.23. The number of phenols is 1. The Morgan fingerprint density at radius 3 is 2.29 bits per heavy atom. The topological polar surface area (TPSA) is 49.3 Å². The number of unbranched alkanes of at least 4 members (excludes halogenated alkanes) is 7. The van der Waals surface area contributed by atoms with Crippen molar-refractivity contribution >= 4 is 5.91 Å². The quantitative estimate of drug-likeness (QED) is 0.620. The Morgan fingerprint density at radius 2 is 1.67 bits per heavy atom. The Morgan fingerprint density at radius 1 is 1.05 bits per heavy atom. The molecule has 3 nitrogen and oxygen atoms in total. The summed E-state index contributed by atoms with van der Waals surface area (Å²) in [5.41, 5.74) is 1.31. The Hall–Kier alpha value is -1.51. The van der Waals surface area contributed by atoms with Crippen LogP contribution in [0, 0.1) is 6.92 Å². The molecule has 0 unspecified atom stereocenters. The molecule has 0 aliphatic heterocycles. The van der Waals surface area contributed by atoms with Gasteiger partial charge in [-0.15, -0.1) is 0 Å². The fraction of sp³-hybridized carbons (Fsp3) is 0.611. The number of amides is 1. The van der Waals surface area contributed by atoms with Crippen molar-refractivity contribution in [1.29, 1.82) is 0 Å². The fourth-order valence-corrected chi connectivity index (χ4v) is 2.31. The van der Waals surface area contributed by atoms with E-state index in [2.05, 4.69) is 12.2 Å². The van der Waals surface area contributed by atoms with Gasteiger partial charge in [-0.3, -0.25) is 4.79 Å². The molecule has 2 N–H and O–H groups in total. The smallest absolute Gasteiger partial charge is 0.251 e. The van der Waals surface area contributed by atoms with Crippen LogP contribution in [0.15, 0.2) is 18.2 Å². The van der Waals surface area contributed by atoms with E-state index in [4.69, 9.17) is 0 Å². The molecule has 0 bridgehead atoms. The maximum Gasteiger partial charge on any atom is 0.251 e. The first kappa shape index (κ1) is 17.5. The molecule has 0 aliphatic rings. The minimum atomic E-state index is -0.103. The summed E-state index contributed by atoms with van der Waals surface area (Å²) < 4.78 is 0. The Kier molecular flexibility index (Phi) is 8.56. The van der Waals surface area contributed by atoms with E-state index in [1.165, 1.54) is 51.0 Å². The molecule has 0 heterocycles. The molecule has 0 aromatic heterocycles. The molecule has 0 fully saturated rings. The van der Waals surface area contributed by atoms with Crippen LogP contribution >= 0.6 is 0 Å². The van der Waals surface area contributed by atoms with Crippen molar-refractivity contribution < 1.29 is 9.90 Å². The number of carbonyl (C=O) groups is 1. The lowest BCUT2D eigenvalue weighted by Crippen LogP contribution is -2.24. The summed E-state index contributed by atoms with van der Waals surface area (Å²) in [7, 11) is 0. The zero-order chi connectivity index (χ0) is 15.5. The van der Waals surface area contributed by atoms with Gasteiger partial charge in [0.25, 0.3) is 5.91 Å². The molecule has 1 aromatic carbocycles. The Balaban J connectivity index is 2.09. The monoisotopic (exact) mass is 291 g/mol. The molecular formula is C18H29NO2. The van der Waals surface area contributed by atoms with Crippen LogP contribution in [-0.2, 0) is 0 Å². The van der Waals surface area contributed by atoms with Crippen LogP contribution in [0.4, 0.5) is 0 Å². The van der Waals surface area contributed by atoms with Gasteiger partial charge in [0.05, 0.1) is 0 Å². The van der Waals surface area contributed by atoms with E-state index >= 15 is 0 Å². The second-order valence-corrected chi connectivity index (χ2v) is 5.73. The lowest BCUT2D eigenvalue weighted by molar-refractivity contribution is 0.0952. The van der Waals surface area contributed by atoms with E-state index < -0.39 is 0 Å². The second kappa shape index (κ2) is 10.3. The normalized spacial score (nSPS) is 10.6. The van der Waals surface area contributed by atoms with Gasteiger partial charge in [-0.05, 0) is 31.0 Å². The Bertz CT molecular complexity index is 429. The van der Waals surface area contributed by atoms with Gasteiger partial charge in [-0.25, -0.2) is 0 Å². The third kappa shape index (κ3) is 7.16. The molecule has 118 valence electrons. The van der Waals surface area contributed by atoms with Gasteiger partial charge in [0.15, 0.2) is 0 Å². The van der Waals surface area contributed by atoms with Crippen LogP contribution in [0.25, 0.3) is 0 Å². The zero-order valence-electron chi connectivity index (χ0n) is 13.5. The summed E-state index contributed by atoms with van der Waals surface area (Å²) >= 11 is 0. The number of aryl methyl sites for hydroxylation is 1. The minimum Gasteiger partial charge on any atom is -0.508 e. The molecule has 21 heavy (non-hydrogen) atoms. The maximum atomic E-state index is 11.9. The van der Waals surface area contributed by atoms with Gasteiger partial charge < -0.3 is 10.4 Å². The van der Waals surface area contributed by atoms with Crippen molar-refractivity contribution in [2.24, 2.45) is 0 Å². The molecule has 0 atom stereocenters. The highest BCUT2D eigenvalue weighted by Crippen LogP contribution is 2.17. The summed E-state index contributed by atoms with van der Waals surface area (Å²) in [5, 5.41) is 12.5. The van der Waals surface area contributed by atoms with Crippen LogP contribution in [0.1, 0.15) is 74.2 Å². The lowest BCUT2D eigenvalue weighted by atomic mass is 10.1. The van der Waals surface area contributed by atoms with Gasteiger partial charge in [-0.2, -0.15) is 0 Å². The standard InChI is InChI=1S/C18H29NO2/c1-3-4-5-6-7-8-9-10-13-19-18(21)16-12-11-15(2)17(20)14-16/h11-12,14,20H,3-10,13H2,1-2H3,(H,19,21). The SMILES string of the molecule is CCCCCCCCCCNC(=O)c1ccc(C)c(O)c1. The van der Waals surface area contributed by atoms with Crippen LogP contribution in [0.2, 0.25) is 0 Å². The van der Waals surface area contributed by atoms with Gasteiger partial charge >= 0.3 is 0 Å². The van der Waals surface area contributed by atoms with E-state index in [-0.39, 0.29) is 11.7 Å². The molecule has 1 aromatic rings. The molecule has 0 aliphatic carbocycles. The largest absolute Gasteiger partial charge is 0.508 e. The van der Waals surface area contributed by atoms with Crippen molar-refractivity contribution in [2.75, 3.05) is 6.54 Å². The number of hydrogen-bond acceptors (Lipinski definition) is 2.